The Kier molecular flexibility index (Phi) is 3.46. The summed E-state index contributed by atoms with van der Waals surface area (Å²) in [6, 6.07) is 7.90. The standard InChI is InChI=1S/C14H17N3O2/c18-10-19-13(9-17-7-3-4-8-17)14-11-5-1-2-6-12(11)15-16-14/h1-2,5-6,10,13H,3-4,7-9H2,(H,15,16). The molecule has 19 heavy (non-hydrogen) atoms. The van der Waals surface area contributed by atoms with Gasteiger partial charge in [-0.05, 0) is 32.0 Å². The Bertz CT molecular complexity index is 561. The van der Waals surface area contributed by atoms with Gasteiger partial charge in [-0.25, -0.2) is 0 Å². The predicted octanol–water partition coefficient (Wildman–Crippen LogP) is 1.87. The van der Waals surface area contributed by atoms with E-state index in [-0.39, 0.29) is 6.10 Å². The van der Waals surface area contributed by atoms with E-state index in [4.69, 9.17) is 4.74 Å². The molecule has 1 fully saturated rings. The molecule has 1 aliphatic heterocycles. The van der Waals surface area contributed by atoms with Gasteiger partial charge in [0.05, 0.1) is 5.52 Å². The number of rotatable bonds is 5. The molecule has 2 aromatic rings. The van der Waals surface area contributed by atoms with Gasteiger partial charge in [0.1, 0.15) is 5.69 Å². The summed E-state index contributed by atoms with van der Waals surface area (Å²) in [5.41, 5.74) is 1.79. The molecule has 1 saturated heterocycles. The largest absolute Gasteiger partial charge is 0.457 e. The van der Waals surface area contributed by atoms with E-state index in [9.17, 15) is 4.79 Å². The predicted molar refractivity (Wildman–Crippen MR) is 71.7 cm³/mol. The number of aromatic amines is 1. The fourth-order valence-corrected chi connectivity index (χ4v) is 2.69. The highest BCUT2D eigenvalue weighted by atomic mass is 16.5. The first-order valence-corrected chi connectivity index (χ1v) is 6.63. The number of H-pyrrole nitrogens is 1. The van der Waals surface area contributed by atoms with Crippen LogP contribution in [0.4, 0.5) is 0 Å². The highest BCUT2D eigenvalue weighted by Crippen LogP contribution is 2.25. The van der Waals surface area contributed by atoms with Gasteiger partial charge in [-0.2, -0.15) is 5.10 Å². The molecule has 1 aliphatic rings. The molecule has 1 unspecified atom stereocenters. The van der Waals surface area contributed by atoms with Gasteiger partial charge in [0, 0.05) is 11.9 Å². The molecule has 3 rings (SSSR count). The van der Waals surface area contributed by atoms with E-state index in [1.54, 1.807) is 0 Å². The number of hydrogen-bond donors (Lipinski definition) is 1. The molecule has 1 atom stereocenters. The monoisotopic (exact) mass is 259 g/mol. The second-order valence-corrected chi connectivity index (χ2v) is 4.88. The van der Waals surface area contributed by atoms with Gasteiger partial charge in [0.15, 0.2) is 6.10 Å². The molecule has 2 heterocycles. The Morgan fingerprint density at radius 2 is 2.16 bits per heavy atom. The molecule has 100 valence electrons. The maximum Gasteiger partial charge on any atom is 0.293 e. The first kappa shape index (κ1) is 12.2. The van der Waals surface area contributed by atoms with Gasteiger partial charge in [0.2, 0.25) is 0 Å². The number of para-hydroxylation sites is 1. The third-order valence-corrected chi connectivity index (χ3v) is 3.65. The van der Waals surface area contributed by atoms with E-state index < -0.39 is 0 Å². The number of aromatic nitrogens is 2. The molecule has 0 aliphatic carbocycles. The van der Waals surface area contributed by atoms with Gasteiger partial charge in [-0.15, -0.1) is 0 Å². The van der Waals surface area contributed by atoms with Gasteiger partial charge in [-0.3, -0.25) is 14.8 Å². The number of carbonyl (C=O) groups is 1. The quantitative estimate of drug-likeness (QED) is 0.833. The van der Waals surface area contributed by atoms with Crippen molar-refractivity contribution in [2.45, 2.75) is 18.9 Å². The van der Waals surface area contributed by atoms with Crippen molar-refractivity contribution in [1.82, 2.24) is 15.1 Å². The van der Waals surface area contributed by atoms with Crippen LogP contribution in [0.1, 0.15) is 24.6 Å². The molecule has 0 amide bonds. The Morgan fingerprint density at radius 3 is 2.95 bits per heavy atom. The first-order valence-electron chi connectivity index (χ1n) is 6.63. The number of carbonyl (C=O) groups excluding carboxylic acids is 1. The van der Waals surface area contributed by atoms with Gasteiger partial charge in [0.25, 0.3) is 6.47 Å². The van der Waals surface area contributed by atoms with Crippen molar-refractivity contribution in [3.8, 4) is 0 Å². The lowest BCUT2D eigenvalue weighted by molar-refractivity contribution is -0.134. The van der Waals surface area contributed by atoms with Crippen molar-refractivity contribution < 1.29 is 9.53 Å². The first-order chi connectivity index (χ1) is 9.38. The fraction of sp³-hybridized carbons (Fsp3) is 0.429. The average Bonchev–Trinajstić information content (AvgIpc) is 3.07. The Morgan fingerprint density at radius 1 is 1.37 bits per heavy atom. The zero-order valence-corrected chi connectivity index (χ0v) is 10.7. The van der Waals surface area contributed by atoms with Crippen molar-refractivity contribution in [2.75, 3.05) is 19.6 Å². The fourth-order valence-electron chi connectivity index (χ4n) is 2.69. The lowest BCUT2D eigenvalue weighted by Crippen LogP contribution is -2.27. The lowest BCUT2D eigenvalue weighted by Gasteiger charge is -2.20. The van der Waals surface area contributed by atoms with E-state index in [1.807, 2.05) is 24.3 Å². The number of benzene rings is 1. The van der Waals surface area contributed by atoms with E-state index in [1.165, 1.54) is 12.8 Å². The third kappa shape index (κ3) is 2.46. The van der Waals surface area contributed by atoms with Crippen LogP contribution in [-0.4, -0.2) is 41.2 Å². The summed E-state index contributed by atoms with van der Waals surface area (Å²) in [6.45, 7) is 3.37. The molecule has 1 aromatic heterocycles. The molecule has 0 radical (unpaired) electrons. The summed E-state index contributed by atoms with van der Waals surface area (Å²) in [7, 11) is 0. The van der Waals surface area contributed by atoms with Crippen LogP contribution in [0.3, 0.4) is 0 Å². The van der Waals surface area contributed by atoms with Crippen LogP contribution in [0.2, 0.25) is 0 Å². The third-order valence-electron chi connectivity index (χ3n) is 3.65. The second-order valence-electron chi connectivity index (χ2n) is 4.88. The van der Waals surface area contributed by atoms with Crippen LogP contribution in [0.5, 0.6) is 0 Å². The van der Waals surface area contributed by atoms with Crippen molar-refractivity contribution in [1.29, 1.82) is 0 Å². The van der Waals surface area contributed by atoms with Crippen LogP contribution < -0.4 is 0 Å². The van der Waals surface area contributed by atoms with Crippen molar-refractivity contribution in [3.05, 3.63) is 30.0 Å². The summed E-state index contributed by atoms with van der Waals surface area (Å²) >= 11 is 0. The Balaban J connectivity index is 1.87. The topological polar surface area (TPSA) is 58.2 Å². The number of likely N-dealkylation sites (tertiary alicyclic amines) is 1. The molecule has 5 heteroatoms. The molecule has 0 spiro atoms. The van der Waals surface area contributed by atoms with Crippen LogP contribution in [0.25, 0.3) is 10.9 Å². The minimum atomic E-state index is -0.299. The molecule has 1 N–H and O–H groups in total. The number of ether oxygens (including phenoxy) is 1. The summed E-state index contributed by atoms with van der Waals surface area (Å²) < 4.78 is 5.25. The van der Waals surface area contributed by atoms with E-state index in [0.29, 0.717) is 13.0 Å². The zero-order valence-electron chi connectivity index (χ0n) is 10.7. The molecule has 1 aromatic carbocycles. The minimum absolute atomic E-state index is 0.299. The molecule has 0 bridgehead atoms. The molecule has 0 saturated carbocycles. The van der Waals surface area contributed by atoms with Crippen molar-refractivity contribution >= 4 is 17.4 Å². The second kappa shape index (κ2) is 5.40. The van der Waals surface area contributed by atoms with E-state index in [2.05, 4.69) is 15.1 Å². The van der Waals surface area contributed by atoms with Gasteiger partial charge >= 0.3 is 0 Å². The molecular formula is C14H17N3O2. The van der Waals surface area contributed by atoms with Crippen LogP contribution in [-0.2, 0) is 9.53 Å². The van der Waals surface area contributed by atoms with Crippen molar-refractivity contribution in [3.63, 3.8) is 0 Å². The van der Waals surface area contributed by atoms with Gasteiger partial charge < -0.3 is 4.74 Å². The van der Waals surface area contributed by atoms with Crippen LogP contribution in [0.15, 0.2) is 24.3 Å². The van der Waals surface area contributed by atoms with Crippen LogP contribution in [0, 0.1) is 0 Å². The van der Waals surface area contributed by atoms with E-state index >= 15 is 0 Å². The zero-order chi connectivity index (χ0) is 13.1. The van der Waals surface area contributed by atoms with Crippen molar-refractivity contribution in [2.24, 2.45) is 0 Å². The normalized spacial score (nSPS) is 17.7. The highest BCUT2D eigenvalue weighted by Gasteiger charge is 2.23. The maximum atomic E-state index is 10.7. The molecular weight excluding hydrogens is 242 g/mol. The highest BCUT2D eigenvalue weighted by molar-refractivity contribution is 5.81. The minimum Gasteiger partial charge on any atom is -0.457 e. The lowest BCUT2D eigenvalue weighted by atomic mass is 10.1. The summed E-state index contributed by atoms with van der Waals surface area (Å²) in [5, 5.41) is 8.33. The Labute approximate surface area is 111 Å². The number of hydrogen-bond acceptors (Lipinski definition) is 4. The summed E-state index contributed by atoms with van der Waals surface area (Å²) in [6.07, 6.45) is 2.14. The maximum absolute atomic E-state index is 10.7. The summed E-state index contributed by atoms with van der Waals surface area (Å²) in [5.74, 6) is 0. The Hall–Kier alpha value is -1.88. The average molecular weight is 259 g/mol. The SMILES string of the molecule is O=COC(CN1CCCC1)c1n[nH]c2ccccc12. The number of nitrogens with zero attached hydrogens (tertiary/aromatic N) is 2. The number of nitrogens with one attached hydrogen (secondary N) is 1. The van der Waals surface area contributed by atoms with Crippen LogP contribution >= 0.6 is 0 Å². The number of fused-ring (bicyclic) bond motifs is 1. The molecule has 5 nitrogen and oxygen atoms in total. The van der Waals surface area contributed by atoms with Gasteiger partial charge in [-0.1, -0.05) is 18.2 Å². The summed E-state index contributed by atoms with van der Waals surface area (Å²) in [4.78, 5) is 13.1. The van der Waals surface area contributed by atoms with E-state index in [0.717, 1.165) is 29.7 Å². The smallest absolute Gasteiger partial charge is 0.293 e.